The van der Waals surface area contributed by atoms with E-state index in [0.717, 1.165) is 0 Å². The highest BCUT2D eigenvalue weighted by molar-refractivity contribution is 6.25. The summed E-state index contributed by atoms with van der Waals surface area (Å²) in [5.41, 5.74) is 14.9. The van der Waals surface area contributed by atoms with Crippen molar-refractivity contribution in [3.63, 3.8) is 0 Å². The molecule has 70 heavy (non-hydrogen) atoms. The van der Waals surface area contributed by atoms with Crippen LogP contribution >= 0.6 is 0 Å². The first-order chi connectivity index (χ1) is 34.8. The van der Waals surface area contributed by atoms with E-state index in [4.69, 9.17) is 0 Å². The van der Waals surface area contributed by atoms with Crippen LogP contribution in [0.15, 0.2) is 267 Å². The van der Waals surface area contributed by atoms with Gasteiger partial charge in [0.25, 0.3) is 0 Å². The third-order valence-corrected chi connectivity index (χ3v) is 14.8. The predicted octanol–water partition coefficient (Wildman–Crippen LogP) is 19.8. The molecule has 0 heteroatoms. The predicted molar refractivity (Wildman–Crippen MR) is 302 cm³/mol. The van der Waals surface area contributed by atoms with E-state index in [1.54, 1.807) is 0 Å². The minimum atomic E-state index is 1.20. The number of benzene rings is 14. The molecular formula is C70H44. The first-order valence-electron chi connectivity index (χ1n) is 24.3. The monoisotopic (exact) mass is 884 g/mol. The maximum absolute atomic E-state index is 2.41. The Morgan fingerprint density at radius 2 is 0.400 bits per heavy atom. The number of fused-ring (bicyclic) bond motifs is 7. The topological polar surface area (TPSA) is 0 Å². The molecule has 0 atom stereocenters. The summed E-state index contributed by atoms with van der Waals surface area (Å²) in [6.45, 7) is 0. The van der Waals surface area contributed by atoms with Gasteiger partial charge >= 0.3 is 0 Å². The van der Waals surface area contributed by atoms with E-state index < -0.39 is 0 Å². The van der Waals surface area contributed by atoms with E-state index in [1.807, 2.05) is 0 Å². The Morgan fingerprint density at radius 3 is 0.757 bits per heavy atom. The third kappa shape index (κ3) is 6.31. The molecule has 14 aromatic rings. The van der Waals surface area contributed by atoms with Gasteiger partial charge in [-0.3, -0.25) is 0 Å². The first-order valence-corrected chi connectivity index (χ1v) is 24.3. The summed E-state index contributed by atoms with van der Waals surface area (Å²) in [6.07, 6.45) is 0. The van der Waals surface area contributed by atoms with Crippen molar-refractivity contribution in [1.82, 2.24) is 0 Å². The molecule has 0 heterocycles. The Hall–Kier alpha value is -9.10. The van der Waals surface area contributed by atoms with Crippen molar-refractivity contribution in [1.29, 1.82) is 0 Å². The molecule has 0 saturated carbocycles. The first kappa shape index (κ1) is 40.0. The van der Waals surface area contributed by atoms with Gasteiger partial charge < -0.3 is 0 Å². The SMILES string of the molecule is c1cc(-c2ccc(-c3cccc(-c4c5ccccc5c(-c5cccc6ccccc56)c5ccccc45)c3)c3ccccc23)cc(-c2c3ccccc3c(-c3cccc4ccccc34)c3ccccc23)c1. The minimum Gasteiger partial charge on any atom is -0.0616 e. The fourth-order valence-electron chi connectivity index (χ4n) is 11.8. The van der Waals surface area contributed by atoms with Gasteiger partial charge in [-0.1, -0.05) is 255 Å². The van der Waals surface area contributed by atoms with Crippen molar-refractivity contribution < 1.29 is 0 Å². The lowest BCUT2D eigenvalue weighted by Gasteiger charge is -2.20. The molecular weight excluding hydrogens is 841 g/mol. The van der Waals surface area contributed by atoms with Crippen LogP contribution in [-0.4, -0.2) is 0 Å². The molecule has 0 bridgehead atoms. The Kier molecular flexibility index (Phi) is 9.32. The summed E-state index contributed by atoms with van der Waals surface area (Å²) in [5.74, 6) is 0. The zero-order valence-corrected chi connectivity index (χ0v) is 38.4. The quantitative estimate of drug-likeness (QED) is 0.146. The maximum atomic E-state index is 2.41. The average Bonchev–Trinajstić information content (AvgIpc) is 3.43. The molecule has 0 N–H and O–H groups in total. The molecule has 0 aliphatic rings. The summed E-state index contributed by atoms with van der Waals surface area (Å²) < 4.78 is 0. The molecule has 0 aliphatic carbocycles. The lowest BCUT2D eigenvalue weighted by molar-refractivity contribution is 1.61. The van der Waals surface area contributed by atoms with Crippen molar-refractivity contribution in [3.8, 4) is 66.8 Å². The van der Waals surface area contributed by atoms with Gasteiger partial charge in [0.15, 0.2) is 0 Å². The Morgan fingerprint density at radius 1 is 0.143 bits per heavy atom. The second kappa shape index (κ2) is 16.3. The summed E-state index contributed by atoms with van der Waals surface area (Å²) in [4.78, 5) is 0. The van der Waals surface area contributed by atoms with Gasteiger partial charge in [0.1, 0.15) is 0 Å². The van der Waals surface area contributed by atoms with Crippen LogP contribution in [0.5, 0.6) is 0 Å². The van der Waals surface area contributed by atoms with Crippen molar-refractivity contribution in [3.05, 3.63) is 267 Å². The summed E-state index contributed by atoms with van der Waals surface area (Å²) in [5, 5.41) is 17.6. The standard InChI is InChI=1S/C70H44/c1-3-27-51-45(19-1)21-17-39-57(51)69-63-35-11-7-31-59(63)67(60-32-8-12-36-64(60)69)49-25-15-23-47(43-49)53-41-42-54(56-30-6-5-29-55(53)56)48-24-16-26-50(44-48)68-61-33-9-13-37-65(61)70(66-38-14-10-34-62(66)68)58-40-18-22-46-20-2-4-28-52(46)58/h1-44H. The summed E-state index contributed by atoms with van der Waals surface area (Å²) in [6, 6.07) is 98.9. The van der Waals surface area contributed by atoms with Gasteiger partial charge in [0.2, 0.25) is 0 Å². The van der Waals surface area contributed by atoms with Gasteiger partial charge in [0, 0.05) is 0 Å². The molecule has 14 aromatic carbocycles. The number of hydrogen-bond acceptors (Lipinski definition) is 0. The molecule has 0 aromatic heterocycles. The Labute approximate surface area is 407 Å². The average molecular weight is 885 g/mol. The molecule has 0 saturated heterocycles. The zero-order chi connectivity index (χ0) is 46.1. The van der Waals surface area contributed by atoms with Crippen LogP contribution in [0.1, 0.15) is 0 Å². The van der Waals surface area contributed by atoms with Crippen LogP contribution in [-0.2, 0) is 0 Å². The van der Waals surface area contributed by atoms with Crippen LogP contribution < -0.4 is 0 Å². The minimum absolute atomic E-state index is 1.20. The van der Waals surface area contributed by atoms with Gasteiger partial charge in [-0.05, 0) is 154 Å². The normalized spacial score (nSPS) is 11.7. The van der Waals surface area contributed by atoms with Crippen LogP contribution in [0.2, 0.25) is 0 Å². The highest BCUT2D eigenvalue weighted by Gasteiger charge is 2.21. The van der Waals surface area contributed by atoms with Crippen LogP contribution in [0.4, 0.5) is 0 Å². The van der Waals surface area contributed by atoms with Gasteiger partial charge in [-0.15, -0.1) is 0 Å². The molecule has 0 aliphatic heterocycles. The Bertz CT molecular complexity index is 4010. The van der Waals surface area contributed by atoms with E-state index in [9.17, 15) is 0 Å². The highest BCUT2D eigenvalue weighted by Crippen LogP contribution is 2.48. The summed E-state index contributed by atoms with van der Waals surface area (Å²) in [7, 11) is 0. The van der Waals surface area contributed by atoms with Crippen molar-refractivity contribution >= 4 is 75.4 Å². The fraction of sp³-hybridized carbons (Fsp3) is 0. The molecule has 324 valence electrons. The van der Waals surface area contributed by atoms with Crippen LogP contribution in [0.3, 0.4) is 0 Å². The number of rotatable bonds is 6. The molecule has 0 fully saturated rings. The van der Waals surface area contributed by atoms with E-state index in [-0.39, 0.29) is 0 Å². The second-order valence-corrected chi connectivity index (χ2v) is 18.6. The van der Waals surface area contributed by atoms with Crippen molar-refractivity contribution in [2.75, 3.05) is 0 Å². The fourth-order valence-corrected chi connectivity index (χ4v) is 11.8. The number of hydrogen-bond donors (Lipinski definition) is 0. The second-order valence-electron chi connectivity index (χ2n) is 18.6. The molecule has 0 spiro atoms. The molecule has 0 amide bonds. The maximum Gasteiger partial charge on any atom is -0.00201 e. The van der Waals surface area contributed by atoms with E-state index >= 15 is 0 Å². The molecule has 0 radical (unpaired) electrons. The van der Waals surface area contributed by atoms with Crippen molar-refractivity contribution in [2.45, 2.75) is 0 Å². The van der Waals surface area contributed by atoms with E-state index in [2.05, 4.69) is 267 Å². The molecule has 0 nitrogen and oxygen atoms in total. The van der Waals surface area contributed by atoms with E-state index in [1.165, 1.54) is 142 Å². The zero-order valence-electron chi connectivity index (χ0n) is 38.4. The highest BCUT2D eigenvalue weighted by atomic mass is 14.2. The van der Waals surface area contributed by atoms with Gasteiger partial charge in [-0.25, -0.2) is 0 Å². The lowest BCUT2D eigenvalue weighted by Crippen LogP contribution is -1.92. The van der Waals surface area contributed by atoms with Gasteiger partial charge in [0.05, 0.1) is 0 Å². The van der Waals surface area contributed by atoms with Crippen LogP contribution in [0.25, 0.3) is 142 Å². The summed E-state index contributed by atoms with van der Waals surface area (Å²) >= 11 is 0. The lowest BCUT2D eigenvalue weighted by atomic mass is 9.83. The largest absolute Gasteiger partial charge is 0.0616 e. The smallest absolute Gasteiger partial charge is 0.00201 e. The molecule has 14 rings (SSSR count). The Balaban J connectivity index is 0.914. The third-order valence-electron chi connectivity index (χ3n) is 14.8. The van der Waals surface area contributed by atoms with Crippen molar-refractivity contribution in [2.24, 2.45) is 0 Å². The van der Waals surface area contributed by atoms with Crippen LogP contribution in [0, 0.1) is 0 Å². The molecule has 0 unspecified atom stereocenters. The van der Waals surface area contributed by atoms with E-state index in [0.29, 0.717) is 0 Å². The van der Waals surface area contributed by atoms with Gasteiger partial charge in [-0.2, -0.15) is 0 Å².